The Morgan fingerprint density at radius 2 is 1.78 bits per heavy atom. The molecule has 0 saturated carbocycles. The largest absolute Gasteiger partial charge is 0.344 e. The quantitative estimate of drug-likeness (QED) is 0.909. The smallest absolute Gasteiger partial charge is 0.270 e. The van der Waals surface area contributed by atoms with Crippen molar-refractivity contribution in [1.82, 2.24) is 5.32 Å². The van der Waals surface area contributed by atoms with Gasteiger partial charge in [-0.1, -0.05) is 48.5 Å². The molecule has 1 aliphatic carbocycles. The Morgan fingerprint density at radius 3 is 2.70 bits per heavy atom. The number of hydrogen-bond donors (Lipinski definition) is 1. The fourth-order valence-electron chi connectivity index (χ4n) is 3.67. The molecule has 4 rings (SSSR count). The van der Waals surface area contributed by atoms with Crippen molar-refractivity contribution in [3.05, 3.63) is 70.8 Å². The van der Waals surface area contributed by atoms with E-state index in [-0.39, 0.29) is 11.9 Å². The lowest BCUT2D eigenvalue weighted by atomic mass is 9.87. The summed E-state index contributed by atoms with van der Waals surface area (Å²) in [5.74, 6) is -0.0427. The zero-order valence-electron chi connectivity index (χ0n) is 13.1. The molecular formula is C20H20N2O. The van der Waals surface area contributed by atoms with Crippen LogP contribution in [0.25, 0.3) is 0 Å². The number of rotatable bonds is 2. The summed E-state index contributed by atoms with van der Waals surface area (Å²) in [7, 11) is 0. The molecule has 0 aromatic heterocycles. The molecule has 0 bridgehead atoms. The number of hydrogen-bond acceptors (Lipinski definition) is 2. The standard InChI is InChI=1S/C20H20N2O/c23-20(19-17-10-4-2-7-15(17)12-13-21-19)22-18-11-5-8-14-6-1-3-9-16(14)18/h1-4,6-7,9-10,18H,5,8,11-13H2,(H,22,23). The minimum Gasteiger partial charge on any atom is -0.344 e. The molecule has 1 unspecified atom stereocenters. The summed E-state index contributed by atoms with van der Waals surface area (Å²) >= 11 is 0. The van der Waals surface area contributed by atoms with Crippen molar-refractivity contribution in [2.75, 3.05) is 6.54 Å². The Kier molecular flexibility index (Phi) is 3.70. The van der Waals surface area contributed by atoms with Gasteiger partial charge < -0.3 is 5.32 Å². The highest BCUT2D eigenvalue weighted by molar-refractivity contribution is 6.46. The lowest BCUT2D eigenvalue weighted by molar-refractivity contribution is -0.115. The number of amides is 1. The van der Waals surface area contributed by atoms with Crippen LogP contribution in [0.3, 0.4) is 0 Å². The van der Waals surface area contributed by atoms with Crippen LogP contribution in [0.2, 0.25) is 0 Å². The van der Waals surface area contributed by atoms with Gasteiger partial charge in [-0.25, -0.2) is 0 Å². The van der Waals surface area contributed by atoms with Gasteiger partial charge in [-0.3, -0.25) is 9.79 Å². The molecule has 2 aliphatic rings. The van der Waals surface area contributed by atoms with E-state index in [4.69, 9.17) is 0 Å². The van der Waals surface area contributed by atoms with Gasteiger partial charge in [0.15, 0.2) is 0 Å². The number of nitrogens with zero attached hydrogens (tertiary/aromatic N) is 1. The van der Waals surface area contributed by atoms with E-state index in [2.05, 4.69) is 40.6 Å². The number of fused-ring (bicyclic) bond motifs is 2. The van der Waals surface area contributed by atoms with Crippen molar-refractivity contribution in [3.63, 3.8) is 0 Å². The summed E-state index contributed by atoms with van der Waals surface area (Å²) in [5, 5.41) is 3.22. The van der Waals surface area contributed by atoms with Crippen molar-refractivity contribution < 1.29 is 4.79 Å². The second kappa shape index (κ2) is 5.99. The Hall–Kier alpha value is -2.42. The summed E-state index contributed by atoms with van der Waals surface area (Å²) in [4.78, 5) is 17.3. The average molecular weight is 304 g/mol. The zero-order valence-corrected chi connectivity index (χ0v) is 13.1. The normalized spacial score (nSPS) is 19.3. The first-order chi connectivity index (χ1) is 11.3. The molecular weight excluding hydrogens is 284 g/mol. The first kappa shape index (κ1) is 14.2. The third-order valence-corrected chi connectivity index (χ3v) is 4.81. The highest BCUT2D eigenvalue weighted by Crippen LogP contribution is 2.29. The highest BCUT2D eigenvalue weighted by Gasteiger charge is 2.25. The highest BCUT2D eigenvalue weighted by atomic mass is 16.2. The van der Waals surface area contributed by atoms with Gasteiger partial charge in [-0.15, -0.1) is 0 Å². The fraction of sp³-hybridized carbons (Fsp3) is 0.300. The Bertz CT molecular complexity index is 779. The van der Waals surface area contributed by atoms with Gasteiger partial charge in [0.05, 0.1) is 6.04 Å². The molecule has 1 atom stereocenters. The van der Waals surface area contributed by atoms with E-state index in [1.807, 2.05) is 18.2 Å². The number of nitrogens with one attached hydrogen (secondary N) is 1. The SMILES string of the molecule is O=C(NC1CCCc2ccccc21)C1=NCCc2ccccc21. The number of carbonyl (C=O) groups excluding carboxylic acids is 1. The molecule has 1 heterocycles. The van der Waals surface area contributed by atoms with Gasteiger partial charge in [0.2, 0.25) is 0 Å². The maximum absolute atomic E-state index is 12.8. The van der Waals surface area contributed by atoms with E-state index >= 15 is 0 Å². The molecule has 3 heteroatoms. The number of carbonyl (C=O) groups is 1. The maximum Gasteiger partial charge on any atom is 0.270 e. The summed E-state index contributed by atoms with van der Waals surface area (Å²) in [6.07, 6.45) is 4.13. The topological polar surface area (TPSA) is 41.5 Å². The summed E-state index contributed by atoms with van der Waals surface area (Å²) in [6, 6.07) is 16.6. The lowest BCUT2D eigenvalue weighted by Gasteiger charge is -2.27. The van der Waals surface area contributed by atoms with Gasteiger partial charge >= 0.3 is 0 Å². The van der Waals surface area contributed by atoms with Crippen molar-refractivity contribution in [2.24, 2.45) is 4.99 Å². The minimum atomic E-state index is -0.0427. The third kappa shape index (κ3) is 2.67. The molecule has 0 spiro atoms. The van der Waals surface area contributed by atoms with Crippen molar-refractivity contribution >= 4 is 11.6 Å². The van der Waals surface area contributed by atoms with Crippen LogP contribution in [0.4, 0.5) is 0 Å². The van der Waals surface area contributed by atoms with Crippen LogP contribution in [0.15, 0.2) is 53.5 Å². The van der Waals surface area contributed by atoms with Crippen molar-refractivity contribution in [1.29, 1.82) is 0 Å². The van der Waals surface area contributed by atoms with E-state index in [1.165, 1.54) is 16.7 Å². The summed E-state index contributed by atoms with van der Waals surface area (Å²) < 4.78 is 0. The number of benzene rings is 2. The molecule has 1 N–H and O–H groups in total. The van der Waals surface area contributed by atoms with Gasteiger partial charge in [0.1, 0.15) is 5.71 Å². The third-order valence-electron chi connectivity index (χ3n) is 4.81. The van der Waals surface area contributed by atoms with Crippen LogP contribution in [0.5, 0.6) is 0 Å². The van der Waals surface area contributed by atoms with Crippen LogP contribution in [0.1, 0.15) is 41.1 Å². The van der Waals surface area contributed by atoms with Gasteiger partial charge in [-0.2, -0.15) is 0 Å². The Balaban J connectivity index is 1.59. The van der Waals surface area contributed by atoms with E-state index in [0.29, 0.717) is 12.3 Å². The minimum absolute atomic E-state index is 0.0427. The molecule has 23 heavy (non-hydrogen) atoms. The maximum atomic E-state index is 12.8. The molecule has 0 saturated heterocycles. The van der Waals surface area contributed by atoms with Crippen LogP contribution in [0, 0.1) is 0 Å². The van der Waals surface area contributed by atoms with Crippen LogP contribution in [-0.4, -0.2) is 18.2 Å². The van der Waals surface area contributed by atoms with Gasteiger partial charge in [0, 0.05) is 12.1 Å². The predicted octanol–water partition coefficient (Wildman–Crippen LogP) is 3.23. The molecule has 2 aromatic rings. The van der Waals surface area contributed by atoms with Crippen LogP contribution >= 0.6 is 0 Å². The first-order valence-corrected chi connectivity index (χ1v) is 8.34. The van der Waals surface area contributed by atoms with Crippen LogP contribution in [-0.2, 0) is 17.6 Å². The number of aryl methyl sites for hydroxylation is 1. The second-order valence-electron chi connectivity index (χ2n) is 6.25. The van der Waals surface area contributed by atoms with E-state index in [0.717, 1.165) is 31.2 Å². The molecule has 3 nitrogen and oxygen atoms in total. The Morgan fingerprint density at radius 1 is 1.00 bits per heavy atom. The average Bonchev–Trinajstić information content (AvgIpc) is 2.61. The zero-order chi connectivity index (χ0) is 15.6. The van der Waals surface area contributed by atoms with Crippen molar-refractivity contribution in [3.8, 4) is 0 Å². The Labute approximate surface area is 136 Å². The fourth-order valence-corrected chi connectivity index (χ4v) is 3.67. The summed E-state index contributed by atoms with van der Waals surface area (Å²) in [5.41, 5.74) is 5.42. The van der Waals surface area contributed by atoms with Gasteiger partial charge in [0.25, 0.3) is 5.91 Å². The molecule has 116 valence electrons. The monoisotopic (exact) mass is 304 g/mol. The van der Waals surface area contributed by atoms with Crippen LogP contribution < -0.4 is 5.32 Å². The predicted molar refractivity (Wildman–Crippen MR) is 91.8 cm³/mol. The van der Waals surface area contributed by atoms with E-state index < -0.39 is 0 Å². The van der Waals surface area contributed by atoms with E-state index in [1.54, 1.807) is 0 Å². The molecule has 0 fully saturated rings. The van der Waals surface area contributed by atoms with Crippen molar-refractivity contribution in [2.45, 2.75) is 31.7 Å². The number of aliphatic imine (C=N–C) groups is 1. The van der Waals surface area contributed by atoms with E-state index in [9.17, 15) is 4.79 Å². The first-order valence-electron chi connectivity index (χ1n) is 8.34. The second-order valence-corrected chi connectivity index (χ2v) is 6.25. The molecule has 2 aromatic carbocycles. The lowest BCUT2D eigenvalue weighted by Crippen LogP contribution is -2.37. The summed E-state index contributed by atoms with van der Waals surface area (Å²) in [6.45, 7) is 0.695. The molecule has 1 aliphatic heterocycles. The van der Waals surface area contributed by atoms with Gasteiger partial charge in [-0.05, 0) is 42.4 Å². The molecule has 1 amide bonds. The molecule has 0 radical (unpaired) electrons.